The maximum atomic E-state index is 12.4. The number of nitrogens with one attached hydrogen (secondary N) is 1. The minimum absolute atomic E-state index is 0.265. The lowest BCUT2D eigenvalue weighted by Crippen LogP contribution is -2.53. The Bertz CT molecular complexity index is 348. The van der Waals surface area contributed by atoms with Crippen molar-refractivity contribution in [1.82, 2.24) is 10.2 Å². The highest BCUT2D eigenvalue weighted by Gasteiger charge is 2.51. The summed E-state index contributed by atoms with van der Waals surface area (Å²) in [6.07, 6.45) is 3.68. The summed E-state index contributed by atoms with van der Waals surface area (Å²) >= 11 is 0. The standard InChI is InChI=1S/C14H24N2O/c1-13(2)4-11-5-14(3,8-13)9-16(11)12(17)10-6-15-7-10/h10-11,15H,4-9H2,1-3H3. The van der Waals surface area contributed by atoms with Gasteiger partial charge in [-0.15, -0.1) is 0 Å². The van der Waals surface area contributed by atoms with Crippen molar-refractivity contribution in [3.05, 3.63) is 0 Å². The lowest BCUT2D eigenvalue weighted by Gasteiger charge is -2.40. The molecule has 1 aliphatic carbocycles. The average molecular weight is 236 g/mol. The van der Waals surface area contributed by atoms with E-state index in [1.807, 2.05) is 0 Å². The molecule has 1 saturated carbocycles. The Balaban J connectivity index is 1.78. The summed E-state index contributed by atoms with van der Waals surface area (Å²) in [7, 11) is 0. The number of hydrogen-bond donors (Lipinski definition) is 1. The van der Waals surface area contributed by atoms with Crippen LogP contribution in [0.1, 0.15) is 40.0 Å². The third-order valence-electron chi connectivity index (χ3n) is 4.83. The van der Waals surface area contributed by atoms with Crippen molar-refractivity contribution >= 4 is 5.91 Å². The Morgan fingerprint density at radius 3 is 2.53 bits per heavy atom. The van der Waals surface area contributed by atoms with Crippen LogP contribution in [0.15, 0.2) is 0 Å². The Morgan fingerprint density at radius 1 is 1.24 bits per heavy atom. The van der Waals surface area contributed by atoms with Crippen LogP contribution in [0.3, 0.4) is 0 Å². The second kappa shape index (κ2) is 3.47. The molecule has 2 aliphatic heterocycles. The first-order chi connectivity index (χ1) is 7.89. The quantitative estimate of drug-likeness (QED) is 0.750. The minimum Gasteiger partial charge on any atom is -0.339 e. The molecule has 3 heteroatoms. The van der Waals surface area contributed by atoms with Gasteiger partial charge >= 0.3 is 0 Å². The molecule has 17 heavy (non-hydrogen) atoms. The van der Waals surface area contributed by atoms with Crippen LogP contribution >= 0.6 is 0 Å². The van der Waals surface area contributed by atoms with Crippen molar-refractivity contribution in [3.63, 3.8) is 0 Å². The number of hydrogen-bond acceptors (Lipinski definition) is 2. The van der Waals surface area contributed by atoms with Crippen molar-refractivity contribution < 1.29 is 4.79 Å². The summed E-state index contributed by atoms with van der Waals surface area (Å²) in [5, 5.41) is 3.20. The van der Waals surface area contributed by atoms with Gasteiger partial charge in [-0.2, -0.15) is 0 Å². The highest BCUT2D eigenvalue weighted by atomic mass is 16.2. The van der Waals surface area contributed by atoms with Gasteiger partial charge in [0, 0.05) is 25.7 Å². The van der Waals surface area contributed by atoms with Gasteiger partial charge in [-0.1, -0.05) is 20.8 Å². The van der Waals surface area contributed by atoms with Crippen LogP contribution in [0.4, 0.5) is 0 Å². The molecular formula is C14H24N2O. The van der Waals surface area contributed by atoms with Crippen molar-refractivity contribution in [2.45, 2.75) is 46.1 Å². The van der Waals surface area contributed by atoms with E-state index in [2.05, 4.69) is 31.0 Å². The van der Waals surface area contributed by atoms with E-state index in [0.717, 1.165) is 19.6 Å². The number of carbonyl (C=O) groups excluding carboxylic acids is 1. The molecule has 0 spiro atoms. The van der Waals surface area contributed by atoms with Gasteiger partial charge in [0.2, 0.25) is 5.91 Å². The lowest BCUT2D eigenvalue weighted by atomic mass is 9.65. The summed E-state index contributed by atoms with van der Waals surface area (Å²) in [6, 6.07) is 0.511. The number of likely N-dealkylation sites (tertiary alicyclic amines) is 1. The van der Waals surface area contributed by atoms with Crippen LogP contribution in [0.2, 0.25) is 0 Å². The van der Waals surface area contributed by atoms with Crippen LogP contribution in [0, 0.1) is 16.7 Å². The predicted octanol–water partition coefficient (Wildman–Crippen LogP) is 1.63. The van der Waals surface area contributed by atoms with Crippen molar-refractivity contribution in [3.8, 4) is 0 Å². The lowest BCUT2D eigenvalue weighted by molar-refractivity contribution is -0.138. The Morgan fingerprint density at radius 2 is 1.94 bits per heavy atom. The van der Waals surface area contributed by atoms with Crippen LogP contribution < -0.4 is 5.32 Å². The zero-order valence-electron chi connectivity index (χ0n) is 11.3. The van der Waals surface area contributed by atoms with Crippen molar-refractivity contribution in [2.24, 2.45) is 16.7 Å². The summed E-state index contributed by atoms with van der Waals surface area (Å²) in [5.74, 6) is 0.677. The van der Waals surface area contributed by atoms with Crippen molar-refractivity contribution in [1.29, 1.82) is 0 Å². The fourth-order valence-electron chi connectivity index (χ4n) is 4.42. The maximum Gasteiger partial charge on any atom is 0.228 e. The first kappa shape index (κ1) is 11.5. The number of fused-ring (bicyclic) bond motifs is 2. The van der Waals surface area contributed by atoms with Crippen LogP contribution in [-0.4, -0.2) is 36.5 Å². The van der Waals surface area contributed by atoms with Gasteiger partial charge in [-0.25, -0.2) is 0 Å². The van der Waals surface area contributed by atoms with Gasteiger partial charge in [-0.3, -0.25) is 4.79 Å². The summed E-state index contributed by atoms with van der Waals surface area (Å²) in [5.41, 5.74) is 0.782. The van der Waals surface area contributed by atoms with E-state index in [1.165, 1.54) is 19.3 Å². The fraction of sp³-hybridized carbons (Fsp3) is 0.929. The molecule has 1 N–H and O–H groups in total. The van der Waals surface area contributed by atoms with Gasteiger partial charge in [-0.05, 0) is 30.1 Å². The van der Waals surface area contributed by atoms with Crippen LogP contribution in [0.5, 0.6) is 0 Å². The summed E-state index contributed by atoms with van der Waals surface area (Å²) in [4.78, 5) is 14.6. The molecule has 2 unspecified atom stereocenters. The zero-order valence-corrected chi connectivity index (χ0v) is 11.3. The third-order valence-corrected chi connectivity index (χ3v) is 4.83. The van der Waals surface area contributed by atoms with Gasteiger partial charge in [0.25, 0.3) is 0 Å². The molecule has 3 rings (SSSR count). The average Bonchev–Trinajstić information content (AvgIpc) is 2.31. The Labute approximate surface area is 104 Å². The van der Waals surface area contributed by atoms with E-state index in [4.69, 9.17) is 0 Å². The van der Waals surface area contributed by atoms with Gasteiger partial charge in [0.1, 0.15) is 0 Å². The first-order valence-corrected chi connectivity index (χ1v) is 6.90. The molecular weight excluding hydrogens is 212 g/mol. The predicted molar refractivity (Wildman–Crippen MR) is 67.6 cm³/mol. The smallest absolute Gasteiger partial charge is 0.228 e. The number of rotatable bonds is 1. The normalized spacial score (nSPS) is 40.2. The van der Waals surface area contributed by atoms with Gasteiger partial charge < -0.3 is 10.2 Å². The van der Waals surface area contributed by atoms with E-state index in [0.29, 0.717) is 22.8 Å². The van der Waals surface area contributed by atoms with E-state index in [1.54, 1.807) is 0 Å². The topological polar surface area (TPSA) is 32.3 Å². The maximum absolute atomic E-state index is 12.4. The second-order valence-corrected chi connectivity index (χ2v) is 7.54. The Kier molecular flexibility index (Phi) is 2.35. The summed E-state index contributed by atoms with van der Waals surface area (Å²) < 4.78 is 0. The third kappa shape index (κ3) is 1.88. The van der Waals surface area contributed by atoms with E-state index in [-0.39, 0.29) is 5.92 Å². The number of amides is 1. The largest absolute Gasteiger partial charge is 0.339 e. The van der Waals surface area contributed by atoms with Crippen LogP contribution in [-0.2, 0) is 4.79 Å². The number of nitrogens with zero attached hydrogens (tertiary/aromatic N) is 1. The van der Waals surface area contributed by atoms with Crippen molar-refractivity contribution in [2.75, 3.05) is 19.6 Å². The number of carbonyl (C=O) groups is 1. The van der Waals surface area contributed by atoms with Gasteiger partial charge in [0.15, 0.2) is 0 Å². The molecule has 0 aromatic carbocycles. The van der Waals surface area contributed by atoms with Crippen LogP contribution in [0.25, 0.3) is 0 Å². The monoisotopic (exact) mass is 236 g/mol. The van der Waals surface area contributed by atoms with E-state index < -0.39 is 0 Å². The highest BCUT2D eigenvalue weighted by Crippen LogP contribution is 2.52. The molecule has 2 atom stereocenters. The molecule has 0 aromatic heterocycles. The Hall–Kier alpha value is -0.570. The molecule has 1 amide bonds. The molecule has 0 radical (unpaired) electrons. The molecule has 96 valence electrons. The molecule has 3 aliphatic rings. The van der Waals surface area contributed by atoms with E-state index >= 15 is 0 Å². The zero-order chi connectivity index (χ0) is 12.3. The fourth-order valence-corrected chi connectivity index (χ4v) is 4.42. The molecule has 2 bridgehead atoms. The summed E-state index contributed by atoms with van der Waals surface area (Å²) in [6.45, 7) is 9.86. The molecule has 2 heterocycles. The first-order valence-electron chi connectivity index (χ1n) is 6.90. The van der Waals surface area contributed by atoms with E-state index in [9.17, 15) is 4.79 Å². The molecule has 0 aromatic rings. The molecule has 3 fully saturated rings. The SMILES string of the molecule is CC1(C)CC2CC(C)(CN2C(=O)C2CNC2)C1. The highest BCUT2D eigenvalue weighted by molar-refractivity contribution is 5.81. The van der Waals surface area contributed by atoms with Gasteiger partial charge in [0.05, 0.1) is 5.92 Å². The molecule has 2 saturated heterocycles. The minimum atomic E-state index is 0.265. The second-order valence-electron chi connectivity index (χ2n) is 7.54. The molecule has 3 nitrogen and oxygen atoms in total.